The predicted molar refractivity (Wildman–Crippen MR) is 105 cm³/mol. The van der Waals surface area contributed by atoms with Gasteiger partial charge in [0.1, 0.15) is 0 Å². The molecular weight excluding hydrogens is 340 g/mol. The number of hydrogen-bond donors (Lipinski definition) is 0. The number of benzene rings is 1. The summed E-state index contributed by atoms with van der Waals surface area (Å²) in [6.45, 7) is 3.74. The van der Waals surface area contributed by atoms with Crippen molar-refractivity contribution in [3.63, 3.8) is 0 Å². The maximum atomic E-state index is 12.6. The van der Waals surface area contributed by atoms with E-state index in [0.29, 0.717) is 5.56 Å². The highest BCUT2D eigenvalue weighted by Crippen LogP contribution is 2.25. The van der Waals surface area contributed by atoms with E-state index < -0.39 is 0 Å². The zero-order valence-electron chi connectivity index (χ0n) is 16.0. The molecule has 0 radical (unpaired) electrons. The van der Waals surface area contributed by atoms with Gasteiger partial charge >= 0.3 is 0 Å². The van der Waals surface area contributed by atoms with E-state index in [9.17, 15) is 4.79 Å². The quantitative estimate of drug-likeness (QED) is 0.714. The number of carbonyl (C=O) groups excluding carboxylic acids is 1. The summed E-state index contributed by atoms with van der Waals surface area (Å²) >= 11 is 0. The Morgan fingerprint density at radius 1 is 1.15 bits per heavy atom. The van der Waals surface area contributed by atoms with Crippen molar-refractivity contribution in [3.8, 4) is 0 Å². The topological polar surface area (TPSA) is 67.2 Å². The second kappa shape index (κ2) is 6.98. The minimum atomic E-state index is 0.0308. The van der Waals surface area contributed by atoms with Gasteiger partial charge in [-0.3, -0.25) is 9.48 Å². The van der Waals surface area contributed by atoms with Gasteiger partial charge in [-0.05, 0) is 31.9 Å². The average molecular weight is 364 g/mol. The molecule has 4 rings (SSSR count). The number of anilines is 1. The highest BCUT2D eigenvalue weighted by Gasteiger charge is 2.28. The fourth-order valence-corrected chi connectivity index (χ4v) is 3.74. The Morgan fingerprint density at radius 2 is 1.81 bits per heavy atom. The van der Waals surface area contributed by atoms with E-state index in [-0.39, 0.29) is 11.9 Å². The van der Waals surface area contributed by atoms with Crippen molar-refractivity contribution >= 4 is 22.8 Å². The Balaban J connectivity index is 1.46. The summed E-state index contributed by atoms with van der Waals surface area (Å²) in [5.74, 6) is 0.983. The van der Waals surface area contributed by atoms with Gasteiger partial charge < -0.3 is 9.80 Å². The van der Waals surface area contributed by atoms with Crippen LogP contribution in [0.3, 0.4) is 0 Å². The Morgan fingerprint density at radius 3 is 2.44 bits per heavy atom. The summed E-state index contributed by atoms with van der Waals surface area (Å²) in [6, 6.07) is 8.18. The van der Waals surface area contributed by atoms with Crippen LogP contribution in [0.2, 0.25) is 0 Å². The number of aromatic nitrogens is 4. The normalized spacial score (nSPS) is 15.3. The molecule has 7 nitrogen and oxygen atoms in total. The minimum absolute atomic E-state index is 0.0308. The first-order valence-electron chi connectivity index (χ1n) is 9.27. The SMILES string of the molecule is Cc1nc2ccccc2nc1N1CCC(N(C)C(=O)c2cnn(C)c2)CC1. The molecule has 1 aliphatic rings. The van der Waals surface area contributed by atoms with Gasteiger partial charge in [0.15, 0.2) is 5.82 Å². The lowest BCUT2D eigenvalue weighted by Gasteiger charge is -2.37. The van der Waals surface area contributed by atoms with Crippen molar-refractivity contribution in [1.82, 2.24) is 24.6 Å². The molecule has 1 amide bonds. The lowest BCUT2D eigenvalue weighted by molar-refractivity contribution is 0.0709. The Labute approximate surface area is 158 Å². The standard InChI is InChI=1S/C20H24N6O/c1-14-19(23-18-7-5-4-6-17(18)22-14)26-10-8-16(9-11-26)25(3)20(27)15-12-21-24(2)13-15/h4-7,12-13,16H,8-11H2,1-3H3. The van der Waals surface area contributed by atoms with Gasteiger partial charge in [-0.15, -0.1) is 0 Å². The largest absolute Gasteiger partial charge is 0.355 e. The number of nitrogens with zero attached hydrogens (tertiary/aromatic N) is 6. The monoisotopic (exact) mass is 364 g/mol. The van der Waals surface area contributed by atoms with Crippen LogP contribution in [0.1, 0.15) is 28.9 Å². The highest BCUT2D eigenvalue weighted by atomic mass is 16.2. The number of fused-ring (bicyclic) bond motifs is 1. The lowest BCUT2D eigenvalue weighted by atomic mass is 10.0. The third-order valence-corrected chi connectivity index (χ3v) is 5.30. The second-order valence-corrected chi connectivity index (χ2v) is 7.16. The van der Waals surface area contributed by atoms with Crippen LogP contribution in [-0.2, 0) is 7.05 Å². The van der Waals surface area contributed by atoms with Crippen LogP contribution < -0.4 is 4.90 Å². The number of amides is 1. The van der Waals surface area contributed by atoms with Crippen LogP contribution in [0.25, 0.3) is 11.0 Å². The van der Waals surface area contributed by atoms with Crippen LogP contribution >= 0.6 is 0 Å². The molecule has 0 N–H and O–H groups in total. The van der Waals surface area contributed by atoms with Gasteiger partial charge in [-0.1, -0.05) is 12.1 Å². The van der Waals surface area contributed by atoms with Crippen molar-refractivity contribution in [3.05, 3.63) is 47.9 Å². The van der Waals surface area contributed by atoms with E-state index in [1.165, 1.54) is 0 Å². The fraction of sp³-hybridized carbons (Fsp3) is 0.400. The number of hydrogen-bond acceptors (Lipinski definition) is 5. The molecule has 1 aromatic carbocycles. The summed E-state index contributed by atoms with van der Waals surface area (Å²) in [5, 5.41) is 4.10. The molecule has 1 aliphatic heterocycles. The molecule has 7 heteroatoms. The molecule has 3 heterocycles. The molecule has 0 bridgehead atoms. The first kappa shape index (κ1) is 17.5. The third kappa shape index (κ3) is 3.37. The molecule has 1 fully saturated rings. The first-order chi connectivity index (χ1) is 13.0. The molecule has 1 saturated heterocycles. The first-order valence-corrected chi connectivity index (χ1v) is 9.27. The van der Waals surface area contributed by atoms with Crippen molar-refractivity contribution < 1.29 is 4.79 Å². The number of piperidine rings is 1. The maximum Gasteiger partial charge on any atom is 0.257 e. The second-order valence-electron chi connectivity index (χ2n) is 7.16. The van der Waals surface area contributed by atoms with Crippen LogP contribution in [0, 0.1) is 6.92 Å². The Bertz CT molecular complexity index is 974. The number of carbonyl (C=O) groups is 1. The molecule has 3 aromatic rings. The molecule has 140 valence electrons. The van der Waals surface area contributed by atoms with Gasteiger partial charge in [-0.2, -0.15) is 5.10 Å². The summed E-state index contributed by atoms with van der Waals surface area (Å²) in [7, 11) is 3.71. The molecule has 2 aromatic heterocycles. The van der Waals surface area contributed by atoms with Crippen LogP contribution in [0.5, 0.6) is 0 Å². The van der Waals surface area contributed by atoms with Gasteiger partial charge in [0.25, 0.3) is 5.91 Å². The average Bonchev–Trinajstić information content (AvgIpc) is 3.13. The van der Waals surface area contributed by atoms with E-state index in [4.69, 9.17) is 9.97 Å². The molecule has 27 heavy (non-hydrogen) atoms. The number of para-hydroxylation sites is 2. The van der Waals surface area contributed by atoms with E-state index in [1.807, 2.05) is 50.2 Å². The predicted octanol–water partition coefficient (Wildman–Crippen LogP) is 2.41. The molecular formula is C20H24N6O. The Kier molecular flexibility index (Phi) is 4.51. The third-order valence-electron chi connectivity index (χ3n) is 5.30. The van der Waals surface area contributed by atoms with Crippen molar-refractivity contribution in [2.75, 3.05) is 25.0 Å². The highest BCUT2D eigenvalue weighted by molar-refractivity contribution is 5.93. The van der Waals surface area contributed by atoms with Crippen molar-refractivity contribution in [1.29, 1.82) is 0 Å². The van der Waals surface area contributed by atoms with E-state index in [2.05, 4.69) is 10.00 Å². The van der Waals surface area contributed by atoms with Crippen LogP contribution in [-0.4, -0.2) is 56.7 Å². The van der Waals surface area contributed by atoms with Crippen molar-refractivity contribution in [2.45, 2.75) is 25.8 Å². The smallest absolute Gasteiger partial charge is 0.257 e. The van der Waals surface area contributed by atoms with E-state index in [0.717, 1.165) is 48.5 Å². The Hall–Kier alpha value is -2.96. The summed E-state index contributed by atoms with van der Waals surface area (Å²) in [5.41, 5.74) is 3.44. The van der Waals surface area contributed by atoms with Gasteiger partial charge in [-0.25, -0.2) is 9.97 Å². The van der Waals surface area contributed by atoms with Gasteiger partial charge in [0.2, 0.25) is 0 Å². The number of rotatable bonds is 3. The lowest BCUT2D eigenvalue weighted by Crippen LogP contribution is -2.46. The summed E-state index contributed by atoms with van der Waals surface area (Å²) in [4.78, 5) is 26.3. The van der Waals surface area contributed by atoms with E-state index >= 15 is 0 Å². The molecule has 0 spiro atoms. The molecule has 0 atom stereocenters. The zero-order valence-corrected chi connectivity index (χ0v) is 16.0. The molecule has 0 unspecified atom stereocenters. The van der Waals surface area contributed by atoms with Crippen LogP contribution in [0.4, 0.5) is 5.82 Å². The van der Waals surface area contributed by atoms with Gasteiger partial charge in [0, 0.05) is 39.4 Å². The summed E-state index contributed by atoms with van der Waals surface area (Å²) in [6.07, 6.45) is 5.22. The number of aryl methyl sites for hydroxylation is 2. The van der Waals surface area contributed by atoms with Crippen molar-refractivity contribution in [2.24, 2.45) is 7.05 Å². The maximum absolute atomic E-state index is 12.6. The fourth-order valence-electron chi connectivity index (χ4n) is 3.74. The van der Waals surface area contributed by atoms with Crippen LogP contribution in [0.15, 0.2) is 36.7 Å². The zero-order chi connectivity index (χ0) is 19.0. The minimum Gasteiger partial charge on any atom is -0.355 e. The van der Waals surface area contributed by atoms with E-state index in [1.54, 1.807) is 17.1 Å². The molecule has 0 aliphatic carbocycles. The van der Waals surface area contributed by atoms with Gasteiger partial charge in [0.05, 0.1) is 28.5 Å². The molecule has 0 saturated carbocycles. The summed E-state index contributed by atoms with van der Waals surface area (Å²) < 4.78 is 1.66.